The van der Waals surface area contributed by atoms with Crippen molar-refractivity contribution < 1.29 is 70.2 Å². The first-order valence-corrected chi connectivity index (χ1v) is 12.0. The fraction of sp³-hybridized carbons (Fsp3) is 0.120. The Labute approximate surface area is 237 Å². The molecule has 0 saturated heterocycles. The molecule has 192 valence electrons. The van der Waals surface area contributed by atoms with Gasteiger partial charge in [0.25, 0.3) is 10.0 Å². The van der Waals surface area contributed by atoms with Crippen LogP contribution < -0.4 is 43.7 Å². The number of carboxylic acids is 1. The van der Waals surface area contributed by atoms with E-state index in [1.807, 2.05) is 0 Å². The molecule has 0 radical (unpaired) electrons. The molecule has 0 spiro atoms. The molecule has 0 fully saturated rings. The fourth-order valence-electron chi connectivity index (χ4n) is 3.73. The number of rotatable bonds is 7. The summed E-state index contributed by atoms with van der Waals surface area (Å²) in [7, 11) is -4.41. The zero-order chi connectivity index (χ0) is 27.0. The number of anilines is 1. The number of hydrogen-bond acceptors (Lipinski definition) is 6. The van der Waals surface area contributed by atoms with Gasteiger partial charge in [0, 0.05) is 17.1 Å². The Bertz CT molecular complexity index is 1600. The van der Waals surface area contributed by atoms with Crippen LogP contribution in [0.25, 0.3) is 10.8 Å². The van der Waals surface area contributed by atoms with E-state index in [1.54, 1.807) is 31.2 Å². The number of ether oxygens (including phenoxy) is 1. The topological polar surface area (TPSA) is 99.6 Å². The second-order valence-corrected chi connectivity index (χ2v) is 9.79. The number of carbonyl (C=O) groups excluding carboxylic acids is 1. The number of aromatic nitrogens is 1. The van der Waals surface area contributed by atoms with Gasteiger partial charge in [0.2, 0.25) is 0 Å². The second-order valence-electron chi connectivity index (χ2n) is 7.93. The van der Waals surface area contributed by atoms with Crippen molar-refractivity contribution in [3.63, 3.8) is 0 Å². The number of aromatic carboxylic acids is 1. The van der Waals surface area contributed by atoms with Crippen LogP contribution in [0.5, 0.6) is 5.75 Å². The minimum absolute atomic E-state index is 0. The maximum Gasteiger partial charge on any atom is 1.00 e. The molecule has 0 aliphatic heterocycles. The molecule has 13 heteroatoms. The molecule has 0 saturated carbocycles. The number of sulfonamides is 1. The molecule has 0 unspecified atom stereocenters. The van der Waals surface area contributed by atoms with E-state index in [0.29, 0.717) is 10.9 Å². The number of halogens is 4. The van der Waals surface area contributed by atoms with Crippen LogP contribution in [-0.2, 0) is 16.6 Å². The second kappa shape index (κ2) is 11.3. The summed E-state index contributed by atoms with van der Waals surface area (Å²) in [6.07, 6.45) is -3.65. The van der Waals surface area contributed by atoms with Crippen LogP contribution in [-0.4, -0.2) is 25.7 Å². The maximum absolute atomic E-state index is 14.4. The Morgan fingerprint density at radius 1 is 1.05 bits per heavy atom. The van der Waals surface area contributed by atoms with Crippen LogP contribution >= 0.6 is 0 Å². The fourth-order valence-corrected chi connectivity index (χ4v) is 5.20. The number of fused-ring (bicyclic) bond motifs is 1. The van der Waals surface area contributed by atoms with Crippen molar-refractivity contribution in [3.8, 4) is 5.75 Å². The molecule has 38 heavy (non-hydrogen) atoms. The van der Waals surface area contributed by atoms with Crippen LogP contribution in [0.15, 0.2) is 77.8 Å². The van der Waals surface area contributed by atoms with Crippen molar-refractivity contribution in [1.82, 2.24) is 4.98 Å². The Hall–Kier alpha value is -3.19. The third-order valence-corrected chi connectivity index (χ3v) is 7.24. The minimum Gasteiger partial charge on any atom is -0.545 e. The van der Waals surface area contributed by atoms with Gasteiger partial charge in [0.15, 0.2) is 11.6 Å². The van der Waals surface area contributed by atoms with Crippen molar-refractivity contribution >= 4 is 32.6 Å². The van der Waals surface area contributed by atoms with Crippen molar-refractivity contribution in [2.24, 2.45) is 0 Å². The molecule has 4 aromatic rings. The summed E-state index contributed by atoms with van der Waals surface area (Å²) < 4.78 is 83.9. The summed E-state index contributed by atoms with van der Waals surface area (Å²) in [4.78, 5) is 15.1. The van der Waals surface area contributed by atoms with E-state index in [1.165, 1.54) is 6.20 Å². The monoisotopic (exact) mass is 556 g/mol. The Kier molecular flexibility index (Phi) is 8.72. The number of nitrogens with zero attached hydrogens (tertiary/aromatic N) is 2. The molecule has 0 bridgehead atoms. The Balaban J connectivity index is 0.00000400. The largest absolute Gasteiger partial charge is 1.00 e. The van der Waals surface area contributed by atoms with Gasteiger partial charge in [-0.2, -0.15) is 0 Å². The van der Waals surface area contributed by atoms with Gasteiger partial charge in [0.05, 0.1) is 17.4 Å². The predicted octanol–water partition coefficient (Wildman–Crippen LogP) is 1.34. The van der Waals surface area contributed by atoms with E-state index in [0.717, 1.165) is 52.2 Å². The third kappa shape index (κ3) is 6.26. The summed E-state index contributed by atoms with van der Waals surface area (Å²) in [6, 6.07) is 13.9. The van der Waals surface area contributed by atoms with E-state index >= 15 is 0 Å². The van der Waals surface area contributed by atoms with Crippen molar-refractivity contribution in [1.29, 1.82) is 0 Å². The Morgan fingerprint density at radius 2 is 1.71 bits per heavy atom. The molecule has 0 atom stereocenters. The van der Waals surface area contributed by atoms with Gasteiger partial charge in [-0.05, 0) is 47.7 Å². The summed E-state index contributed by atoms with van der Waals surface area (Å²) in [5.74, 6) is -3.90. The Morgan fingerprint density at radius 3 is 2.32 bits per heavy atom. The van der Waals surface area contributed by atoms with E-state index in [-0.39, 0.29) is 51.4 Å². The summed E-state index contributed by atoms with van der Waals surface area (Å²) in [6.45, 7) is 1.15. The van der Waals surface area contributed by atoms with Crippen LogP contribution in [0.3, 0.4) is 0 Å². The number of benzene rings is 3. The zero-order valence-corrected chi connectivity index (χ0v) is 22.8. The molecular weight excluding hydrogens is 539 g/mol. The molecule has 1 aromatic heterocycles. The number of carbonyl (C=O) groups is 1. The first-order chi connectivity index (χ1) is 17.4. The first-order valence-electron chi connectivity index (χ1n) is 10.6. The van der Waals surface area contributed by atoms with Gasteiger partial charge in [-0.3, -0.25) is 0 Å². The number of hydrogen-bond donors (Lipinski definition) is 0. The van der Waals surface area contributed by atoms with Gasteiger partial charge in [-0.1, -0.05) is 42.5 Å². The normalized spacial score (nSPS) is 11.6. The average molecular weight is 556 g/mol. The van der Waals surface area contributed by atoms with Gasteiger partial charge in [-0.25, -0.2) is 22.1 Å². The SMILES string of the molecule is Cc1c(N(Cc2ccc(OC(F)(F)F)c(F)c2)S(=O)(=O)c2ccc(C(=O)[O-])cc2)ncc2ccccc12.[Na+]. The average Bonchev–Trinajstić information content (AvgIpc) is 2.84. The molecule has 7 nitrogen and oxygen atoms in total. The van der Waals surface area contributed by atoms with Gasteiger partial charge in [0.1, 0.15) is 5.82 Å². The van der Waals surface area contributed by atoms with E-state index < -0.39 is 40.5 Å². The smallest absolute Gasteiger partial charge is 0.545 e. The number of alkyl halides is 3. The number of carboxylic acid groups (broad SMARTS) is 1. The molecule has 0 aliphatic rings. The van der Waals surface area contributed by atoms with Crippen LogP contribution in [0.1, 0.15) is 21.5 Å². The quantitative estimate of drug-likeness (QED) is 0.252. The first kappa shape index (κ1) is 29.4. The number of pyridine rings is 1. The standard InChI is InChI=1S/C25H18F4N2O5S.Na/c1-15-20-5-3-2-4-18(20)13-30-23(15)31(37(34,35)19-9-7-17(8-10-19)24(32)33)14-16-6-11-22(21(26)12-16)36-25(27,28)29;/h2-13H,14H2,1H3,(H,32,33);/q;+1/p-1. The zero-order valence-electron chi connectivity index (χ0n) is 20.0. The minimum atomic E-state index is -5.11. The summed E-state index contributed by atoms with van der Waals surface area (Å²) in [5, 5.41) is 12.5. The van der Waals surface area contributed by atoms with Gasteiger partial charge >= 0.3 is 35.9 Å². The predicted molar refractivity (Wildman–Crippen MR) is 124 cm³/mol. The van der Waals surface area contributed by atoms with E-state index in [4.69, 9.17) is 0 Å². The maximum atomic E-state index is 14.4. The molecule has 0 aliphatic carbocycles. The molecule has 1 heterocycles. The molecule has 3 aromatic carbocycles. The van der Waals surface area contributed by atoms with Crippen molar-refractivity contribution in [2.75, 3.05) is 4.31 Å². The van der Waals surface area contributed by atoms with E-state index in [9.17, 15) is 35.9 Å². The van der Waals surface area contributed by atoms with Crippen LogP contribution in [0.4, 0.5) is 23.4 Å². The summed E-state index contributed by atoms with van der Waals surface area (Å²) in [5.41, 5.74) is 0.245. The van der Waals surface area contributed by atoms with Crippen molar-refractivity contribution in [2.45, 2.75) is 24.7 Å². The van der Waals surface area contributed by atoms with Gasteiger partial charge < -0.3 is 14.6 Å². The van der Waals surface area contributed by atoms with Crippen LogP contribution in [0.2, 0.25) is 0 Å². The molecule has 0 amide bonds. The van der Waals surface area contributed by atoms with Crippen molar-refractivity contribution in [3.05, 3.63) is 95.4 Å². The van der Waals surface area contributed by atoms with Crippen LogP contribution in [0, 0.1) is 12.7 Å². The molecule has 4 rings (SSSR count). The number of aryl methyl sites for hydroxylation is 1. The van der Waals surface area contributed by atoms with Gasteiger partial charge in [-0.15, -0.1) is 13.2 Å². The molecular formula is C25H17F4N2NaO5S. The third-order valence-electron chi connectivity index (χ3n) is 5.49. The van der Waals surface area contributed by atoms with E-state index in [2.05, 4.69) is 9.72 Å². The molecule has 0 N–H and O–H groups in total. The summed E-state index contributed by atoms with van der Waals surface area (Å²) >= 11 is 0.